The number of aliphatic hydroxyl groups is 1. The maximum atomic E-state index is 12.6. The fourth-order valence-electron chi connectivity index (χ4n) is 3.67. The van der Waals surface area contributed by atoms with Crippen molar-refractivity contribution in [3.8, 4) is 0 Å². The fraction of sp³-hybridized carbons (Fsp3) is 0.455. The predicted molar refractivity (Wildman–Crippen MR) is 110 cm³/mol. The highest BCUT2D eigenvalue weighted by atomic mass is 16.3. The quantitative estimate of drug-likeness (QED) is 0.641. The lowest BCUT2D eigenvalue weighted by atomic mass is 9.97. The SMILES string of the molecule is C=CC(C)(C)n1cc(CC2NC(=O)C(CC(C)CO)NC2=O)c2ccccc21. The zero-order valence-electron chi connectivity index (χ0n) is 16.7. The van der Waals surface area contributed by atoms with Crippen LogP contribution in [0.4, 0.5) is 0 Å². The number of piperazine rings is 1. The van der Waals surface area contributed by atoms with Crippen LogP contribution in [0.1, 0.15) is 32.8 Å². The molecule has 1 fully saturated rings. The van der Waals surface area contributed by atoms with Crippen LogP contribution in [0.3, 0.4) is 0 Å². The van der Waals surface area contributed by atoms with Gasteiger partial charge in [0, 0.05) is 30.1 Å². The second-order valence-corrected chi connectivity index (χ2v) is 8.25. The molecule has 1 aromatic carbocycles. The zero-order valence-corrected chi connectivity index (χ0v) is 16.7. The van der Waals surface area contributed by atoms with Gasteiger partial charge in [-0.2, -0.15) is 0 Å². The number of benzene rings is 1. The Bertz CT molecular complexity index is 900. The molecule has 150 valence electrons. The van der Waals surface area contributed by atoms with Crippen molar-refractivity contribution in [2.75, 3.05) is 6.61 Å². The van der Waals surface area contributed by atoms with E-state index in [0.717, 1.165) is 16.5 Å². The molecule has 0 radical (unpaired) electrons. The number of aromatic nitrogens is 1. The van der Waals surface area contributed by atoms with E-state index in [0.29, 0.717) is 12.8 Å². The number of nitrogens with one attached hydrogen (secondary N) is 2. The summed E-state index contributed by atoms with van der Waals surface area (Å²) >= 11 is 0. The lowest BCUT2D eigenvalue weighted by molar-refractivity contribution is -0.137. The molecule has 1 aromatic heterocycles. The van der Waals surface area contributed by atoms with E-state index in [1.807, 2.05) is 37.4 Å². The van der Waals surface area contributed by atoms with Crippen molar-refractivity contribution in [3.63, 3.8) is 0 Å². The number of rotatable bonds is 7. The molecule has 3 atom stereocenters. The molecular formula is C22H29N3O3. The highest BCUT2D eigenvalue weighted by molar-refractivity contribution is 5.97. The number of para-hydroxylation sites is 1. The summed E-state index contributed by atoms with van der Waals surface area (Å²) in [6.07, 6.45) is 4.78. The van der Waals surface area contributed by atoms with E-state index in [9.17, 15) is 14.7 Å². The van der Waals surface area contributed by atoms with Crippen LogP contribution in [0.5, 0.6) is 0 Å². The largest absolute Gasteiger partial charge is 0.396 e. The number of nitrogens with zero attached hydrogens (tertiary/aromatic N) is 1. The number of aliphatic hydroxyl groups excluding tert-OH is 1. The maximum absolute atomic E-state index is 12.6. The monoisotopic (exact) mass is 383 g/mol. The molecule has 2 aromatic rings. The van der Waals surface area contributed by atoms with E-state index in [1.54, 1.807) is 0 Å². The molecule has 1 aliphatic heterocycles. The van der Waals surface area contributed by atoms with Gasteiger partial charge >= 0.3 is 0 Å². The third-order valence-corrected chi connectivity index (χ3v) is 5.55. The minimum absolute atomic E-state index is 0.0122. The van der Waals surface area contributed by atoms with Crippen LogP contribution in [0.2, 0.25) is 0 Å². The van der Waals surface area contributed by atoms with Gasteiger partial charge < -0.3 is 20.3 Å². The Labute approximate surface area is 165 Å². The van der Waals surface area contributed by atoms with Gasteiger partial charge in [-0.25, -0.2) is 0 Å². The molecule has 0 aliphatic carbocycles. The number of amides is 2. The summed E-state index contributed by atoms with van der Waals surface area (Å²) < 4.78 is 2.15. The molecule has 0 saturated carbocycles. The zero-order chi connectivity index (χ0) is 20.5. The number of fused-ring (bicyclic) bond motifs is 1. The molecule has 28 heavy (non-hydrogen) atoms. The lowest BCUT2D eigenvalue weighted by Gasteiger charge is -2.30. The summed E-state index contributed by atoms with van der Waals surface area (Å²) in [7, 11) is 0. The van der Waals surface area contributed by atoms with Crippen LogP contribution in [-0.2, 0) is 21.5 Å². The molecule has 0 spiro atoms. The number of hydrogen-bond donors (Lipinski definition) is 3. The maximum Gasteiger partial charge on any atom is 0.243 e. The van der Waals surface area contributed by atoms with Gasteiger partial charge in [0.2, 0.25) is 11.8 Å². The molecule has 6 heteroatoms. The Morgan fingerprint density at radius 2 is 1.86 bits per heavy atom. The van der Waals surface area contributed by atoms with Crippen molar-refractivity contribution in [1.29, 1.82) is 0 Å². The summed E-state index contributed by atoms with van der Waals surface area (Å²) in [5.74, 6) is -0.429. The van der Waals surface area contributed by atoms with Gasteiger partial charge in [-0.1, -0.05) is 31.2 Å². The van der Waals surface area contributed by atoms with Crippen molar-refractivity contribution < 1.29 is 14.7 Å². The Morgan fingerprint density at radius 3 is 2.54 bits per heavy atom. The van der Waals surface area contributed by atoms with Crippen LogP contribution in [-0.4, -0.2) is 40.2 Å². The normalized spacial score (nSPS) is 21.3. The van der Waals surface area contributed by atoms with Gasteiger partial charge in [-0.3, -0.25) is 9.59 Å². The average Bonchev–Trinajstić information content (AvgIpc) is 3.05. The minimum atomic E-state index is -0.612. The van der Waals surface area contributed by atoms with Crippen LogP contribution in [0, 0.1) is 5.92 Å². The second kappa shape index (κ2) is 7.80. The smallest absolute Gasteiger partial charge is 0.243 e. The molecule has 2 amide bonds. The van der Waals surface area contributed by atoms with Crippen molar-refractivity contribution in [1.82, 2.24) is 15.2 Å². The van der Waals surface area contributed by atoms with Gasteiger partial charge in [0.05, 0.1) is 5.54 Å². The van der Waals surface area contributed by atoms with Crippen LogP contribution in [0.15, 0.2) is 43.1 Å². The third kappa shape index (κ3) is 3.83. The molecule has 3 unspecified atom stereocenters. The predicted octanol–water partition coefficient (Wildman–Crippen LogP) is 2.11. The Hall–Kier alpha value is -2.60. The van der Waals surface area contributed by atoms with E-state index >= 15 is 0 Å². The summed E-state index contributed by atoms with van der Waals surface area (Å²) in [6, 6.07) is 6.85. The standard InChI is InChI=1S/C22H29N3O3/c1-5-22(3,4)25-12-15(16-8-6-7-9-19(16)25)11-18-21(28)23-17(20(27)24-18)10-14(2)13-26/h5-9,12,14,17-18,26H,1,10-11,13H2,2-4H3,(H,23,28)(H,24,27). The molecule has 1 aliphatic rings. The number of carbonyl (C=O) groups is 2. The summed E-state index contributed by atoms with van der Waals surface area (Å²) in [5.41, 5.74) is 1.80. The van der Waals surface area contributed by atoms with Crippen LogP contribution >= 0.6 is 0 Å². The first-order valence-corrected chi connectivity index (χ1v) is 9.71. The highest BCUT2D eigenvalue weighted by Gasteiger charge is 2.35. The Kier molecular flexibility index (Phi) is 5.61. The van der Waals surface area contributed by atoms with Gasteiger partial charge in [0.25, 0.3) is 0 Å². The molecule has 1 saturated heterocycles. The Balaban J connectivity index is 1.85. The van der Waals surface area contributed by atoms with Gasteiger partial charge in [-0.05, 0) is 37.8 Å². The van der Waals surface area contributed by atoms with Crippen LogP contribution < -0.4 is 10.6 Å². The topological polar surface area (TPSA) is 83.4 Å². The van der Waals surface area contributed by atoms with E-state index in [1.165, 1.54) is 0 Å². The average molecular weight is 383 g/mol. The summed E-state index contributed by atoms with van der Waals surface area (Å²) in [4.78, 5) is 25.0. The molecule has 0 bridgehead atoms. The van der Waals surface area contributed by atoms with Crippen molar-refractivity contribution in [2.45, 2.75) is 51.2 Å². The first-order valence-electron chi connectivity index (χ1n) is 9.71. The van der Waals surface area contributed by atoms with E-state index in [4.69, 9.17) is 0 Å². The number of allylic oxidation sites excluding steroid dienone is 1. The lowest BCUT2D eigenvalue weighted by Crippen LogP contribution is -2.62. The van der Waals surface area contributed by atoms with E-state index in [2.05, 4.69) is 41.7 Å². The number of carbonyl (C=O) groups excluding carboxylic acids is 2. The fourth-order valence-corrected chi connectivity index (χ4v) is 3.67. The first kappa shape index (κ1) is 20.1. The van der Waals surface area contributed by atoms with Crippen molar-refractivity contribution in [3.05, 3.63) is 48.7 Å². The second-order valence-electron chi connectivity index (χ2n) is 8.25. The molecule has 2 heterocycles. The van der Waals surface area contributed by atoms with E-state index in [-0.39, 0.29) is 29.9 Å². The molecule has 3 N–H and O–H groups in total. The van der Waals surface area contributed by atoms with Crippen LogP contribution in [0.25, 0.3) is 10.9 Å². The van der Waals surface area contributed by atoms with Gasteiger partial charge in [0.15, 0.2) is 0 Å². The highest BCUT2D eigenvalue weighted by Crippen LogP contribution is 2.29. The first-order chi connectivity index (χ1) is 13.3. The molecular weight excluding hydrogens is 354 g/mol. The van der Waals surface area contributed by atoms with Crippen molar-refractivity contribution in [2.24, 2.45) is 5.92 Å². The summed E-state index contributed by atoms with van der Waals surface area (Å²) in [6.45, 7) is 9.94. The minimum Gasteiger partial charge on any atom is -0.396 e. The van der Waals surface area contributed by atoms with Crippen molar-refractivity contribution >= 4 is 22.7 Å². The van der Waals surface area contributed by atoms with Gasteiger partial charge in [-0.15, -0.1) is 6.58 Å². The molecule has 3 rings (SSSR count). The third-order valence-electron chi connectivity index (χ3n) is 5.55. The number of hydrogen-bond acceptors (Lipinski definition) is 3. The van der Waals surface area contributed by atoms with Gasteiger partial charge in [0.1, 0.15) is 12.1 Å². The molecule has 6 nitrogen and oxygen atoms in total. The summed E-state index contributed by atoms with van der Waals surface area (Å²) in [5, 5.41) is 15.9. The Morgan fingerprint density at radius 1 is 1.21 bits per heavy atom. The van der Waals surface area contributed by atoms with E-state index < -0.39 is 12.1 Å².